The first-order valence-corrected chi connectivity index (χ1v) is 5.69. The number of ether oxygens (including phenoxy) is 1. The number of hydrogen-bond acceptors (Lipinski definition) is 2. The van der Waals surface area contributed by atoms with E-state index in [2.05, 4.69) is 0 Å². The van der Waals surface area contributed by atoms with Crippen LogP contribution in [0.4, 0.5) is 13.2 Å². The van der Waals surface area contributed by atoms with E-state index in [1.165, 1.54) is 6.92 Å². The van der Waals surface area contributed by atoms with Gasteiger partial charge in [-0.25, -0.2) is 0 Å². The molecule has 0 aliphatic heterocycles. The molecule has 2 N–H and O–H groups in total. The zero-order valence-electron chi connectivity index (χ0n) is 10.9. The monoisotopic (exact) mass is 261 g/mol. The van der Waals surface area contributed by atoms with Crippen molar-refractivity contribution in [1.82, 2.24) is 0 Å². The van der Waals surface area contributed by atoms with Crippen molar-refractivity contribution < 1.29 is 17.9 Å². The Hall–Kier alpha value is -1.23. The molecule has 2 unspecified atom stereocenters. The van der Waals surface area contributed by atoms with Gasteiger partial charge in [0.15, 0.2) is 0 Å². The average molecular weight is 261 g/mol. The lowest BCUT2D eigenvalue weighted by Crippen LogP contribution is -2.47. The fraction of sp³-hybridized carbons (Fsp3) is 0.538. The Morgan fingerprint density at radius 2 is 1.72 bits per heavy atom. The highest BCUT2D eigenvalue weighted by atomic mass is 19.4. The van der Waals surface area contributed by atoms with Crippen LogP contribution in [-0.4, -0.2) is 18.3 Å². The van der Waals surface area contributed by atoms with Crippen LogP contribution in [0.5, 0.6) is 5.75 Å². The maximum Gasteiger partial charge on any atom is 0.426 e. The molecule has 2 nitrogen and oxygen atoms in total. The van der Waals surface area contributed by atoms with E-state index in [4.69, 9.17) is 10.5 Å². The number of hydrogen-bond donors (Lipinski definition) is 1. The Bertz CT molecular complexity index is 427. The summed E-state index contributed by atoms with van der Waals surface area (Å²) in [6.45, 7) is 6.67. The molecule has 1 aromatic rings. The molecule has 0 bridgehead atoms. The van der Waals surface area contributed by atoms with E-state index < -0.39 is 18.3 Å². The molecule has 0 fully saturated rings. The van der Waals surface area contributed by atoms with Gasteiger partial charge in [-0.3, -0.25) is 0 Å². The predicted molar refractivity (Wildman–Crippen MR) is 64.8 cm³/mol. The van der Waals surface area contributed by atoms with Gasteiger partial charge in [0.1, 0.15) is 5.75 Å². The van der Waals surface area contributed by atoms with Crippen LogP contribution in [0.2, 0.25) is 0 Å². The Balaban J connectivity index is 3.09. The van der Waals surface area contributed by atoms with Gasteiger partial charge in [-0.15, -0.1) is 0 Å². The highest BCUT2D eigenvalue weighted by molar-refractivity contribution is 5.42. The summed E-state index contributed by atoms with van der Waals surface area (Å²) in [5.41, 5.74) is 7.81. The van der Waals surface area contributed by atoms with Crippen molar-refractivity contribution in [3.05, 3.63) is 28.8 Å². The Kier molecular flexibility index (Phi) is 4.27. The van der Waals surface area contributed by atoms with Gasteiger partial charge in [-0.1, -0.05) is 6.07 Å². The lowest BCUT2D eigenvalue weighted by Gasteiger charge is -2.26. The second-order valence-electron chi connectivity index (χ2n) is 4.64. The van der Waals surface area contributed by atoms with E-state index in [0.717, 1.165) is 11.1 Å². The standard InChI is InChI=1S/C13H18F3NO/c1-7-5-8(2)9(3)11(6-7)18-12(10(4)17)13(14,15)16/h5-6,10,12H,17H2,1-4H3. The first kappa shape index (κ1) is 14.8. The zero-order valence-corrected chi connectivity index (χ0v) is 10.9. The minimum Gasteiger partial charge on any atom is -0.479 e. The van der Waals surface area contributed by atoms with Crippen molar-refractivity contribution in [1.29, 1.82) is 0 Å². The average Bonchev–Trinajstić information content (AvgIpc) is 2.18. The Morgan fingerprint density at radius 3 is 2.17 bits per heavy atom. The van der Waals surface area contributed by atoms with Crippen LogP contribution in [0.15, 0.2) is 12.1 Å². The van der Waals surface area contributed by atoms with Crippen molar-refractivity contribution in [2.75, 3.05) is 0 Å². The third-order valence-corrected chi connectivity index (χ3v) is 2.82. The molecule has 0 spiro atoms. The summed E-state index contributed by atoms with van der Waals surface area (Å²) >= 11 is 0. The summed E-state index contributed by atoms with van der Waals surface area (Å²) in [5, 5.41) is 0. The number of nitrogens with two attached hydrogens (primary N) is 1. The highest BCUT2D eigenvalue weighted by Crippen LogP contribution is 2.30. The van der Waals surface area contributed by atoms with Gasteiger partial charge in [0.05, 0.1) is 0 Å². The SMILES string of the molecule is Cc1cc(C)c(C)c(OC(C(C)N)C(F)(F)F)c1. The summed E-state index contributed by atoms with van der Waals surface area (Å²) in [6.07, 6.45) is -6.46. The molecule has 0 radical (unpaired) electrons. The molecule has 102 valence electrons. The minimum absolute atomic E-state index is 0.243. The fourth-order valence-electron chi connectivity index (χ4n) is 1.73. The number of rotatable bonds is 3. The van der Waals surface area contributed by atoms with E-state index in [9.17, 15) is 13.2 Å². The molecule has 18 heavy (non-hydrogen) atoms. The van der Waals surface area contributed by atoms with E-state index in [0.29, 0.717) is 5.56 Å². The molecule has 0 aliphatic rings. The number of benzene rings is 1. The second kappa shape index (κ2) is 5.18. The molecular formula is C13H18F3NO. The van der Waals surface area contributed by atoms with Gasteiger partial charge < -0.3 is 10.5 Å². The van der Waals surface area contributed by atoms with Crippen molar-refractivity contribution in [2.45, 2.75) is 46.0 Å². The van der Waals surface area contributed by atoms with Crippen LogP contribution in [0.3, 0.4) is 0 Å². The molecule has 5 heteroatoms. The van der Waals surface area contributed by atoms with Gasteiger partial charge >= 0.3 is 6.18 Å². The summed E-state index contributed by atoms with van der Waals surface area (Å²) in [4.78, 5) is 0. The van der Waals surface area contributed by atoms with E-state index in [1.807, 2.05) is 19.9 Å². The first-order valence-electron chi connectivity index (χ1n) is 5.69. The van der Waals surface area contributed by atoms with Crippen LogP contribution in [-0.2, 0) is 0 Å². The predicted octanol–water partition coefficient (Wildman–Crippen LogP) is 3.27. The topological polar surface area (TPSA) is 35.2 Å². The lowest BCUT2D eigenvalue weighted by molar-refractivity contribution is -0.199. The molecule has 0 saturated carbocycles. The van der Waals surface area contributed by atoms with E-state index in [1.54, 1.807) is 13.0 Å². The molecule has 0 amide bonds. The second-order valence-corrected chi connectivity index (χ2v) is 4.64. The van der Waals surface area contributed by atoms with Crippen molar-refractivity contribution in [2.24, 2.45) is 5.73 Å². The van der Waals surface area contributed by atoms with Gasteiger partial charge in [0.2, 0.25) is 6.10 Å². The maximum atomic E-state index is 12.8. The third kappa shape index (κ3) is 3.38. The van der Waals surface area contributed by atoms with Crippen LogP contribution >= 0.6 is 0 Å². The molecule has 0 aromatic heterocycles. The zero-order chi connectivity index (χ0) is 14.1. The summed E-state index contributed by atoms with van der Waals surface area (Å²) in [6, 6.07) is 2.38. The number of aryl methyl sites for hydroxylation is 2. The van der Waals surface area contributed by atoms with Crippen molar-refractivity contribution in [3.63, 3.8) is 0 Å². The number of alkyl halides is 3. The van der Waals surface area contributed by atoms with Crippen molar-refractivity contribution in [3.8, 4) is 5.75 Å². The number of halogens is 3. The van der Waals surface area contributed by atoms with Gasteiger partial charge in [0.25, 0.3) is 0 Å². The van der Waals surface area contributed by atoms with Crippen LogP contribution in [0.1, 0.15) is 23.6 Å². The van der Waals surface area contributed by atoms with Crippen molar-refractivity contribution >= 4 is 0 Å². The maximum absolute atomic E-state index is 12.8. The molecule has 0 aliphatic carbocycles. The molecular weight excluding hydrogens is 243 g/mol. The smallest absolute Gasteiger partial charge is 0.426 e. The summed E-state index contributed by atoms with van der Waals surface area (Å²) < 4.78 is 43.4. The van der Waals surface area contributed by atoms with Crippen LogP contribution in [0, 0.1) is 20.8 Å². The summed E-state index contributed by atoms with van der Waals surface area (Å²) in [5.74, 6) is 0.243. The fourth-order valence-corrected chi connectivity index (χ4v) is 1.73. The normalized spacial score (nSPS) is 15.3. The quantitative estimate of drug-likeness (QED) is 0.906. The molecule has 0 saturated heterocycles. The van der Waals surface area contributed by atoms with Gasteiger partial charge in [-0.05, 0) is 50.5 Å². The third-order valence-electron chi connectivity index (χ3n) is 2.82. The molecule has 1 rings (SSSR count). The first-order chi connectivity index (χ1) is 8.12. The highest BCUT2D eigenvalue weighted by Gasteiger charge is 2.44. The van der Waals surface area contributed by atoms with E-state index >= 15 is 0 Å². The molecule has 0 heterocycles. The Labute approximate surface area is 105 Å². The van der Waals surface area contributed by atoms with E-state index in [-0.39, 0.29) is 5.75 Å². The van der Waals surface area contributed by atoms with Crippen LogP contribution in [0.25, 0.3) is 0 Å². The van der Waals surface area contributed by atoms with Gasteiger partial charge in [-0.2, -0.15) is 13.2 Å². The molecule has 2 atom stereocenters. The lowest BCUT2D eigenvalue weighted by atomic mass is 10.1. The van der Waals surface area contributed by atoms with Crippen LogP contribution < -0.4 is 10.5 Å². The van der Waals surface area contributed by atoms with Gasteiger partial charge in [0, 0.05) is 6.04 Å². The Morgan fingerprint density at radius 1 is 1.17 bits per heavy atom. The molecule has 1 aromatic carbocycles. The minimum atomic E-state index is -4.47. The summed E-state index contributed by atoms with van der Waals surface area (Å²) in [7, 11) is 0. The largest absolute Gasteiger partial charge is 0.479 e.